The van der Waals surface area contributed by atoms with Crippen LogP contribution in [0.5, 0.6) is 5.75 Å². The molecular formula is C17H22N2O3. The molecule has 0 radical (unpaired) electrons. The van der Waals surface area contributed by atoms with Gasteiger partial charge in [0.05, 0.1) is 18.9 Å². The van der Waals surface area contributed by atoms with E-state index in [4.69, 9.17) is 9.15 Å². The van der Waals surface area contributed by atoms with Gasteiger partial charge in [0.2, 0.25) is 5.91 Å². The summed E-state index contributed by atoms with van der Waals surface area (Å²) in [5.41, 5.74) is 0.968. The lowest BCUT2D eigenvalue weighted by Gasteiger charge is -2.11. The summed E-state index contributed by atoms with van der Waals surface area (Å²) in [4.78, 5) is 11.7. The monoisotopic (exact) mass is 302 g/mol. The van der Waals surface area contributed by atoms with Gasteiger partial charge in [-0.05, 0) is 50.2 Å². The highest BCUT2D eigenvalue weighted by atomic mass is 16.5. The predicted molar refractivity (Wildman–Crippen MR) is 85.9 cm³/mol. The number of hydrogen-bond acceptors (Lipinski definition) is 4. The number of furan rings is 1. The molecule has 2 aromatic rings. The van der Waals surface area contributed by atoms with Crippen molar-refractivity contribution in [3.05, 3.63) is 48.4 Å². The first-order valence-electron chi connectivity index (χ1n) is 7.43. The zero-order valence-corrected chi connectivity index (χ0v) is 13.0. The fourth-order valence-electron chi connectivity index (χ4n) is 1.93. The van der Waals surface area contributed by atoms with Crippen molar-refractivity contribution >= 4 is 11.6 Å². The maximum absolute atomic E-state index is 11.7. The van der Waals surface area contributed by atoms with Crippen LogP contribution in [0.2, 0.25) is 0 Å². The molecule has 0 fully saturated rings. The third kappa shape index (κ3) is 5.52. The van der Waals surface area contributed by atoms with E-state index in [1.54, 1.807) is 12.3 Å². The second-order valence-electron chi connectivity index (χ2n) is 5.22. The standard InChI is InChI=1S/C17H22N2O3/c1-13(2)22-15-7-5-14(6-8-15)18-10-9-17(20)19-12-16-4-3-11-21-16/h3-8,11,13,18H,9-10,12H2,1-2H3,(H,19,20). The molecular weight excluding hydrogens is 280 g/mol. The highest BCUT2D eigenvalue weighted by Gasteiger charge is 2.03. The molecule has 1 amide bonds. The summed E-state index contributed by atoms with van der Waals surface area (Å²) in [5.74, 6) is 1.59. The molecule has 0 aliphatic rings. The number of anilines is 1. The first-order valence-corrected chi connectivity index (χ1v) is 7.43. The number of carbonyl (C=O) groups excluding carboxylic acids is 1. The molecule has 1 aromatic heterocycles. The van der Waals surface area contributed by atoms with Crippen molar-refractivity contribution in [2.24, 2.45) is 0 Å². The molecule has 2 rings (SSSR count). The molecule has 22 heavy (non-hydrogen) atoms. The number of amides is 1. The molecule has 0 saturated carbocycles. The molecule has 0 atom stereocenters. The van der Waals surface area contributed by atoms with Gasteiger partial charge in [-0.25, -0.2) is 0 Å². The fourth-order valence-corrected chi connectivity index (χ4v) is 1.93. The van der Waals surface area contributed by atoms with E-state index in [-0.39, 0.29) is 12.0 Å². The molecule has 1 aromatic carbocycles. The molecule has 0 bridgehead atoms. The van der Waals surface area contributed by atoms with Gasteiger partial charge in [0.1, 0.15) is 11.5 Å². The Balaban J connectivity index is 1.66. The van der Waals surface area contributed by atoms with Gasteiger partial charge >= 0.3 is 0 Å². The van der Waals surface area contributed by atoms with Crippen LogP contribution in [0.25, 0.3) is 0 Å². The number of rotatable bonds is 8. The maximum atomic E-state index is 11.7. The van der Waals surface area contributed by atoms with Crippen molar-refractivity contribution in [1.29, 1.82) is 0 Å². The van der Waals surface area contributed by atoms with E-state index in [1.165, 1.54) is 0 Å². The second kappa shape index (κ2) is 8.12. The van der Waals surface area contributed by atoms with Crippen LogP contribution in [0.4, 0.5) is 5.69 Å². The summed E-state index contributed by atoms with van der Waals surface area (Å²) in [6, 6.07) is 11.4. The highest BCUT2D eigenvalue weighted by Crippen LogP contribution is 2.16. The van der Waals surface area contributed by atoms with Gasteiger partial charge < -0.3 is 19.8 Å². The Hall–Kier alpha value is -2.43. The lowest BCUT2D eigenvalue weighted by atomic mass is 10.3. The zero-order chi connectivity index (χ0) is 15.8. The largest absolute Gasteiger partial charge is 0.491 e. The molecule has 2 N–H and O–H groups in total. The molecule has 0 aliphatic heterocycles. The van der Waals surface area contributed by atoms with Crippen molar-refractivity contribution in [3.8, 4) is 5.75 Å². The van der Waals surface area contributed by atoms with Gasteiger partial charge in [-0.15, -0.1) is 0 Å². The topological polar surface area (TPSA) is 63.5 Å². The fraction of sp³-hybridized carbons (Fsp3) is 0.353. The Kier molecular flexibility index (Phi) is 5.89. The first-order chi connectivity index (χ1) is 10.6. The predicted octanol–water partition coefficient (Wildman–Crippen LogP) is 3.19. The van der Waals surface area contributed by atoms with Crippen molar-refractivity contribution < 1.29 is 13.9 Å². The number of carbonyl (C=O) groups is 1. The van der Waals surface area contributed by atoms with Crippen LogP contribution in [0, 0.1) is 0 Å². The Morgan fingerprint density at radius 1 is 1.23 bits per heavy atom. The van der Waals surface area contributed by atoms with Crippen molar-refractivity contribution in [2.45, 2.75) is 32.9 Å². The lowest BCUT2D eigenvalue weighted by Crippen LogP contribution is -2.24. The average molecular weight is 302 g/mol. The average Bonchev–Trinajstić information content (AvgIpc) is 3.00. The third-order valence-electron chi connectivity index (χ3n) is 2.95. The molecule has 1 heterocycles. The van der Waals surface area contributed by atoms with Crippen molar-refractivity contribution in [3.63, 3.8) is 0 Å². The van der Waals surface area contributed by atoms with Crippen LogP contribution >= 0.6 is 0 Å². The van der Waals surface area contributed by atoms with Gasteiger partial charge in [-0.1, -0.05) is 0 Å². The molecule has 0 saturated heterocycles. The van der Waals surface area contributed by atoms with E-state index < -0.39 is 0 Å². The van der Waals surface area contributed by atoms with Gasteiger partial charge in [-0.3, -0.25) is 4.79 Å². The van der Waals surface area contributed by atoms with Crippen LogP contribution in [-0.4, -0.2) is 18.6 Å². The summed E-state index contributed by atoms with van der Waals surface area (Å²) in [7, 11) is 0. The lowest BCUT2D eigenvalue weighted by molar-refractivity contribution is -0.121. The number of ether oxygens (including phenoxy) is 1. The van der Waals surface area contributed by atoms with E-state index in [1.807, 2.05) is 44.2 Å². The van der Waals surface area contributed by atoms with E-state index >= 15 is 0 Å². The van der Waals surface area contributed by atoms with Crippen LogP contribution in [0.1, 0.15) is 26.0 Å². The first kappa shape index (κ1) is 15.9. The minimum atomic E-state index is -0.0105. The van der Waals surface area contributed by atoms with E-state index in [9.17, 15) is 4.79 Å². The SMILES string of the molecule is CC(C)Oc1ccc(NCCC(=O)NCc2ccco2)cc1. The summed E-state index contributed by atoms with van der Waals surface area (Å²) >= 11 is 0. The molecule has 0 aliphatic carbocycles. The third-order valence-corrected chi connectivity index (χ3v) is 2.95. The summed E-state index contributed by atoms with van der Waals surface area (Å²) in [6.45, 7) is 4.99. The normalized spacial score (nSPS) is 10.5. The minimum Gasteiger partial charge on any atom is -0.491 e. The molecule has 5 nitrogen and oxygen atoms in total. The quantitative estimate of drug-likeness (QED) is 0.786. The number of benzene rings is 1. The van der Waals surface area contributed by atoms with Crippen molar-refractivity contribution in [1.82, 2.24) is 5.32 Å². The van der Waals surface area contributed by atoms with Crippen LogP contribution in [0.3, 0.4) is 0 Å². The summed E-state index contributed by atoms with van der Waals surface area (Å²) in [6.07, 6.45) is 2.16. The van der Waals surface area contributed by atoms with Crippen molar-refractivity contribution in [2.75, 3.05) is 11.9 Å². The zero-order valence-electron chi connectivity index (χ0n) is 13.0. The number of nitrogens with one attached hydrogen (secondary N) is 2. The van der Waals surface area contributed by atoms with E-state index in [0.717, 1.165) is 17.2 Å². The van der Waals surface area contributed by atoms with Gasteiger partial charge in [0.25, 0.3) is 0 Å². The Morgan fingerprint density at radius 3 is 2.64 bits per heavy atom. The van der Waals surface area contributed by atoms with Gasteiger partial charge in [-0.2, -0.15) is 0 Å². The second-order valence-corrected chi connectivity index (χ2v) is 5.22. The summed E-state index contributed by atoms with van der Waals surface area (Å²) < 4.78 is 10.7. The van der Waals surface area contributed by atoms with Crippen LogP contribution in [-0.2, 0) is 11.3 Å². The Labute approximate surface area is 130 Å². The van der Waals surface area contributed by atoms with E-state index in [0.29, 0.717) is 19.5 Å². The van der Waals surface area contributed by atoms with Crippen LogP contribution in [0.15, 0.2) is 47.1 Å². The van der Waals surface area contributed by atoms with Crippen LogP contribution < -0.4 is 15.4 Å². The molecule has 0 unspecified atom stereocenters. The molecule has 0 spiro atoms. The smallest absolute Gasteiger partial charge is 0.222 e. The maximum Gasteiger partial charge on any atom is 0.222 e. The highest BCUT2D eigenvalue weighted by molar-refractivity contribution is 5.76. The van der Waals surface area contributed by atoms with Gasteiger partial charge in [0.15, 0.2) is 0 Å². The summed E-state index contributed by atoms with van der Waals surface area (Å²) in [5, 5.41) is 6.02. The number of hydrogen-bond donors (Lipinski definition) is 2. The Morgan fingerprint density at radius 2 is 2.00 bits per heavy atom. The van der Waals surface area contributed by atoms with Gasteiger partial charge in [0, 0.05) is 18.7 Å². The molecule has 118 valence electrons. The molecule has 5 heteroatoms. The van der Waals surface area contributed by atoms with E-state index in [2.05, 4.69) is 10.6 Å². The minimum absolute atomic E-state index is 0.0105. The Bertz CT molecular complexity index is 562.